The Kier molecular flexibility index (Phi) is 4.95. The van der Waals surface area contributed by atoms with Crippen molar-refractivity contribution in [3.8, 4) is 0 Å². The van der Waals surface area contributed by atoms with Crippen molar-refractivity contribution in [2.75, 3.05) is 11.1 Å². The van der Waals surface area contributed by atoms with E-state index in [0.717, 1.165) is 12.8 Å². The van der Waals surface area contributed by atoms with Gasteiger partial charge in [-0.2, -0.15) is 0 Å². The van der Waals surface area contributed by atoms with Crippen molar-refractivity contribution in [3.05, 3.63) is 17.8 Å². The average Bonchev–Trinajstić information content (AvgIpc) is 2.29. The van der Waals surface area contributed by atoms with Crippen LogP contribution in [0.1, 0.15) is 44.1 Å². The van der Waals surface area contributed by atoms with Crippen LogP contribution < -0.4 is 11.1 Å². The summed E-state index contributed by atoms with van der Waals surface area (Å²) in [6.07, 6.45) is 2.10. The lowest BCUT2D eigenvalue weighted by Crippen LogP contribution is -2.18. The van der Waals surface area contributed by atoms with Gasteiger partial charge in [0, 0.05) is 6.04 Å². The molecule has 5 heteroatoms. The molecule has 0 aliphatic rings. The highest BCUT2D eigenvalue weighted by Crippen LogP contribution is 2.18. The Morgan fingerprint density at radius 2 is 2.06 bits per heavy atom. The second-order valence-corrected chi connectivity index (χ2v) is 4.96. The van der Waals surface area contributed by atoms with Gasteiger partial charge in [0.05, 0.1) is 5.69 Å². The Morgan fingerprint density at radius 3 is 2.61 bits per heavy atom. The number of aromatic nitrogens is 1. The molecule has 0 saturated heterocycles. The van der Waals surface area contributed by atoms with Gasteiger partial charge in [0.1, 0.15) is 5.82 Å². The van der Waals surface area contributed by atoms with Gasteiger partial charge in [-0.05, 0) is 37.8 Å². The summed E-state index contributed by atoms with van der Waals surface area (Å²) in [6, 6.07) is 3.18. The summed E-state index contributed by atoms with van der Waals surface area (Å²) in [6.45, 7) is 6.38. The van der Waals surface area contributed by atoms with Gasteiger partial charge in [-0.3, -0.25) is 0 Å². The number of aromatic carboxylic acids is 1. The van der Waals surface area contributed by atoms with Crippen LogP contribution in [0.3, 0.4) is 0 Å². The monoisotopic (exact) mass is 251 g/mol. The van der Waals surface area contributed by atoms with E-state index >= 15 is 0 Å². The van der Waals surface area contributed by atoms with E-state index in [4.69, 9.17) is 10.8 Å². The minimum Gasteiger partial charge on any atom is -0.477 e. The van der Waals surface area contributed by atoms with Crippen molar-refractivity contribution in [2.45, 2.75) is 39.7 Å². The van der Waals surface area contributed by atoms with Crippen LogP contribution in [0, 0.1) is 5.92 Å². The Balaban J connectivity index is 2.71. The van der Waals surface area contributed by atoms with Crippen LogP contribution in [0.15, 0.2) is 12.1 Å². The van der Waals surface area contributed by atoms with Crippen molar-refractivity contribution < 1.29 is 9.90 Å². The number of anilines is 2. The number of carbonyl (C=O) groups is 1. The van der Waals surface area contributed by atoms with Gasteiger partial charge in [-0.25, -0.2) is 9.78 Å². The van der Waals surface area contributed by atoms with Gasteiger partial charge in [0.25, 0.3) is 0 Å². The smallest absolute Gasteiger partial charge is 0.354 e. The van der Waals surface area contributed by atoms with Crippen LogP contribution in [0.5, 0.6) is 0 Å². The number of nitrogen functional groups attached to an aromatic ring is 1. The van der Waals surface area contributed by atoms with Gasteiger partial charge >= 0.3 is 5.97 Å². The molecule has 1 heterocycles. The number of hydrogen-bond acceptors (Lipinski definition) is 4. The molecule has 1 unspecified atom stereocenters. The minimum atomic E-state index is -1.05. The lowest BCUT2D eigenvalue weighted by Gasteiger charge is -2.17. The number of nitrogens with zero attached hydrogens (tertiary/aromatic N) is 1. The summed E-state index contributed by atoms with van der Waals surface area (Å²) in [4.78, 5) is 14.8. The highest BCUT2D eigenvalue weighted by Gasteiger charge is 2.11. The van der Waals surface area contributed by atoms with E-state index in [2.05, 4.69) is 24.1 Å². The maximum absolute atomic E-state index is 10.8. The first kappa shape index (κ1) is 14.3. The molecular formula is C13H21N3O2. The highest BCUT2D eigenvalue weighted by atomic mass is 16.4. The molecule has 0 aromatic carbocycles. The van der Waals surface area contributed by atoms with Crippen LogP contribution in [-0.2, 0) is 0 Å². The van der Waals surface area contributed by atoms with E-state index in [-0.39, 0.29) is 11.7 Å². The number of carboxylic acids is 1. The standard InChI is InChI=1S/C13H21N3O2/c1-8(2)4-5-9(3)15-12-10(14)6-7-11(16-12)13(17)18/h6-9H,4-5,14H2,1-3H3,(H,15,16)(H,17,18). The quantitative estimate of drug-likeness (QED) is 0.723. The van der Waals surface area contributed by atoms with E-state index in [1.54, 1.807) is 6.07 Å². The number of nitrogens with one attached hydrogen (secondary N) is 1. The number of nitrogens with two attached hydrogens (primary N) is 1. The maximum Gasteiger partial charge on any atom is 0.354 e. The first-order valence-electron chi connectivity index (χ1n) is 6.16. The van der Waals surface area contributed by atoms with Gasteiger partial charge in [0.15, 0.2) is 5.69 Å². The van der Waals surface area contributed by atoms with E-state index < -0.39 is 5.97 Å². The fourth-order valence-corrected chi connectivity index (χ4v) is 1.59. The fraction of sp³-hybridized carbons (Fsp3) is 0.538. The molecule has 1 aromatic heterocycles. The van der Waals surface area contributed by atoms with Gasteiger partial charge < -0.3 is 16.2 Å². The highest BCUT2D eigenvalue weighted by molar-refractivity contribution is 5.86. The van der Waals surface area contributed by atoms with Crippen molar-refractivity contribution in [1.82, 2.24) is 4.98 Å². The molecule has 0 saturated carbocycles. The van der Waals surface area contributed by atoms with E-state index in [1.807, 2.05) is 6.92 Å². The molecule has 100 valence electrons. The predicted molar refractivity (Wildman–Crippen MR) is 72.8 cm³/mol. The number of pyridine rings is 1. The van der Waals surface area contributed by atoms with Crippen molar-refractivity contribution >= 4 is 17.5 Å². The van der Waals surface area contributed by atoms with Crippen LogP contribution in [0.2, 0.25) is 0 Å². The number of rotatable bonds is 6. The van der Waals surface area contributed by atoms with Crippen LogP contribution in [0.25, 0.3) is 0 Å². The second-order valence-electron chi connectivity index (χ2n) is 4.96. The zero-order chi connectivity index (χ0) is 13.7. The third kappa shape index (κ3) is 4.24. The predicted octanol–water partition coefficient (Wildman–Crippen LogP) is 2.60. The molecule has 1 atom stereocenters. The Bertz CT molecular complexity index is 419. The Hall–Kier alpha value is -1.78. The van der Waals surface area contributed by atoms with Crippen molar-refractivity contribution in [3.63, 3.8) is 0 Å². The minimum absolute atomic E-state index is 0.00256. The van der Waals surface area contributed by atoms with E-state index in [0.29, 0.717) is 17.4 Å². The second kappa shape index (κ2) is 6.23. The van der Waals surface area contributed by atoms with Crippen LogP contribution in [0.4, 0.5) is 11.5 Å². The summed E-state index contributed by atoms with van der Waals surface area (Å²) >= 11 is 0. The molecule has 0 amide bonds. The van der Waals surface area contributed by atoms with E-state index in [9.17, 15) is 4.79 Å². The average molecular weight is 251 g/mol. The van der Waals surface area contributed by atoms with Gasteiger partial charge in [-0.15, -0.1) is 0 Å². The third-order valence-electron chi connectivity index (χ3n) is 2.71. The summed E-state index contributed by atoms with van der Waals surface area (Å²) in [5.41, 5.74) is 6.25. The Labute approximate surface area is 107 Å². The molecule has 5 nitrogen and oxygen atoms in total. The SMILES string of the molecule is CC(C)CCC(C)Nc1nc(C(=O)O)ccc1N. The Morgan fingerprint density at radius 1 is 1.39 bits per heavy atom. The molecule has 0 spiro atoms. The molecule has 1 rings (SSSR count). The molecule has 0 aliphatic heterocycles. The number of hydrogen-bond donors (Lipinski definition) is 3. The zero-order valence-electron chi connectivity index (χ0n) is 11.1. The van der Waals surface area contributed by atoms with Crippen LogP contribution >= 0.6 is 0 Å². The molecule has 1 aromatic rings. The normalized spacial score (nSPS) is 12.4. The number of carboxylic acid groups (broad SMARTS) is 1. The summed E-state index contributed by atoms with van der Waals surface area (Å²) in [5, 5.41) is 12.0. The summed E-state index contributed by atoms with van der Waals surface area (Å²) in [7, 11) is 0. The first-order valence-corrected chi connectivity index (χ1v) is 6.16. The van der Waals surface area contributed by atoms with Crippen molar-refractivity contribution in [1.29, 1.82) is 0 Å². The van der Waals surface area contributed by atoms with Gasteiger partial charge in [0.2, 0.25) is 0 Å². The summed E-state index contributed by atoms with van der Waals surface area (Å²) < 4.78 is 0. The molecule has 0 radical (unpaired) electrons. The van der Waals surface area contributed by atoms with Gasteiger partial charge in [-0.1, -0.05) is 13.8 Å². The zero-order valence-corrected chi connectivity index (χ0v) is 11.1. The lowest BCUT2D eigenvalue weighted by atomic mass is 10.0. The maximum atomic E-state index is 10.8. The lowest BCUT2D eigenvalue weighted by molar-refractivity contribution is 0.0690. The van der Waals surface area contributed by atoms with Crippen molar-refractivity contribution in [2.24, 2.45) is 5.92 Å². The molecule has 4 N–H and O–H groups in total. The third-order valence-corrected chi connectivity index (χ3v) is 2.71. The fourth-order valence-electron chi connectivity index (χ4n) is 1.59. The molecule has 0 aliphatic carbocycles. The topological polar surface area (TPSA) is 88.2 Å². The van der Waals surface area contributed by atoms with E-state index in [1.165, 1.54) is 6.07 Å². The molecule has 0 bridgehead atoms. The molecular weight excluding hydrogens is 230 g/mol. The molecule has 0 fully saturated rings. The first-order chi connectivity index (χ1) is 8.40. The van der Waals surface area contributed by atoms with Crippen LogP contribution in [-0.4, -0.2) is 22.1 Å². The summed E-state index contributed by atoms with van der Waals surface area (Å²) in [5.74, 6) is 0.0453. The largest absolute Gasteiger partial charge is 0.477 e. The molecule has 18 heavy (non-hydrogen) atoms.